The minimum atomic E-state index is -0.658. The monoisotopic (exact) mass is 407 g/mol. The van der Waals surface area contributed by atoms with Crippen LogP contribution in [0.4, 0.5) is 8.78 Å². The Morgan fingerprint density at radius 1 is 1.18 bits per heavy atom. The highest BCUT2D eigenvalue weighted by atomic mass is 35.5. The van der Waals surface area contributed by atoms with Gasteiger partial charge in [0.2, 0.25) is 5.91 Å². The smallest absolute Gasteiger partial charge is 0.222 e. The number of hydrogen-bond acceptors (Lipinski definition) is 2. The lowest BCUT2D eigenvalue weighted by Crippen LogP contribution is -2.52. The molecule has 6 heteroatoms. The highest BCUT2D eigenvalue weighted by molar-refractivity contribution is 6.30. The van der Waals surface area contributed by atoms with Gasteiger partial charge in [-0.3, -0.25) is 4.79 Å². The predicted molar refractivity (Wildman–Crippen MR) is 105 cm³/mol. The zero-order valence-electron chi connectivity index (χ0n) is 16.1. The van der Waals surface area contributed by atoms with Gasteiger partial charge in [0.1, 0.15) is 11.6 Å². The van der Waals surface area contributed by atoms with E-state index < -0.39 is 23.3 Å². The minimum absolute atomic E-state index is 0.0763. The van der Waals surface area contributed by atoms with E-state index in [2.05, 4.69) is 5.32 Å². The molecule has 0 unspecified atom stereocenters. The van der Waals surface area contributed by atoms with Gasteiger partial charge in [0.25, 0.3) is 0 Å². The molecule has 0 aromatic heterocycles. The van der Waals surface area contributed by atoms with Crippen molar-refractivity contribution in [2.24, 2.45) is 5.92 Å². The maximum atomic E-state index is 14.4. The molecule has 3 atom stereocenters. The molecule has 1 amide bonds. The fourth-order valence-electron chi connectivity index (χ4n) is 3.59. The number of ether oxygens (including phenoxy) is 1. The second kappa shape index (κ2) is 8.18. The van der Waals surface area contributed by atoms with Crippen molar-refractivity contribution in [1.29, 1.82) is 0 Å². The number of halogens is 3. The van der Waals surface area contributed by atoms with Gasteiger partial charge in [0, 0.05) is 41.0 Å². The first-order valence-electron chi connectivity index (χ1n) is 9.35. The minimum Gasteiger partial charge on any atom is -0.365 e. The number of benzene rings is 2. The van der Waals surface area contributed by atoms with E-state index in [4.69, 9.17) is 16.3 Å². The molecular formula is C22H24ClF2NO2. The highest BCUT2D eigenvalue weighted by Gasteiger charge is 2.41. The zero-order valence-corrected chi connectivity index (χ0v) is 16.9. The summed E-state index contributed by atoms with van der Waals surface area (Å²) in [5.74, 6) is -1.55. The van der Waals surface area contributed by atoms with Gasteiger partial charge < -0.3 is 10.1 Å². The number of carbonyl (C=O) groups excluding carboxylic acids is 1. The number of nitrogens with one attached hydrogen (secondary N) is 1. The van der Waals surface area contributed by atoms with Crippen molar-refractivity contribution in [2.75, 3.05) is 0 Å². The number of rotatable bonds is 4. The van der Waals surface area contributed by atoms with Crippen LogP contribution in [-0.4, -0.2) is 11.4 Å². The van der Waals surface area contributed by atoms with Gasteiger partial charge in [0.05, 0.1) is 12.2 Å². The van der Waals surface area contributed by atoms with Crippen LogP contribution in [0.15, 0.2) is 42.5 Å². The molecule has 3 nitrogen and oxygen atoms in total. The van der Waals surface area contributed by atoms with E-state index in [0.29, 0.717) is 17.9 Å². The largest absolute Gasteiger partial charge is 0.365 e. The first-order valence-corrected chi connectivity index (χ1v) is 9.72. The molecule has 1 N–H and O–H groups in total. The first-order chi connectivity index (χ1) is 13.2. The third-order valence-corrected chi connectivity index (χ3v) is 5.31. The lowest BCUT2D eigenvalue weighted by molar-refractivity contribution is -0.131. The molecule has 150 valence electrons. The van der Waals surface area contributed by atoms with Crippen LogP contribution in [0.5, 0.6) is 0 Å². The van der Waals surface area contributed by atoms with Crippen LogP contribution in [0.3, 0.4) is 0 Å². The third-order valence-electron chi connectivity index (χ3n) is 5.08. The van der Waals surface area contributed by atoms with E-state index >= 15 is 0 Å². The van der Waals surface area contributed by atoms with Gasteiger partial charge in [-0.05, 0) is 30.7 Å². The SMILES string of the molecule is CC(C)C(=O)N[C@@]1(C)C[C@@H](c2cccc(Cl)c2)O[C@@H](c2ccc(F)cc2F)C1. The quantitative estimate of drug-likeness (QED) is 0.701. The summed E-state index contributed by atoms with van der Waals surface area (Å²) in [6.07, 6.45) is -0.119. The first kappa shape index (κ1) is 20.7. The Bertz CT molecular complexity index is 873. The predicted octanol–water partition coefficient (Wildman–Crippen LogP) is 5.74. The second-order valence-corrected chi connectivity index (χ2v) is 8.38. The van der Waals surface area contributed by atoms with Crippen LogP contribution in [0.1, 0.15) is 56.9 Å². The van der Waals surface area contributed by atoms with Crippen molar-refractivity contribution >= 4 is 17.5 Å². The van der Waals surface area contributed by atoms with Crippen molar-refractivity contribution in [3.05, 3.63) is 70.2 Å². The van der Waals surface area contributed by atoms with Gasteiger partial charge in [-0.15, -0.1) is 0 Å². The molecule has 3 rings (SSSR count). The Balaban J connectivity index is 1.96. The van der Waals surface area contributed by atoms with Gasteiger partial charge >= 0.3 is 0 Å². The lowest BCUT2D eigenvalue weighted by atomic mass is 9.81. The molecule has 0 aliphatic carbocycles. The number of carbonyl (C=O) groups is 1. The van der Waals surface area contributed by atoms with E-state index in [9.17, 15) is 13.6 Å². The molecule has 1 saturated heterocycles. The Morgan fingerprint density at radius 2 is 1.89 bits per heavy atom. The van der Waals surface area contributed by atoms with Crippen molar-refractivity contribution in [3.63, 3.8) is 0 Å². The lowest BCUT2D eigenvalue weighted by Gasteiger charge is -2.43. The summed E-state index contributed by atoms with van der Waals surface area (Å²) in [4.78, 5) is 12.4. The summed E-state index contributed by atoms with van der Waals surface area (Å²) in [6.45, 7) is 5.58. The van der Waals surface area contributed by atoms with Crippen LogP contribution < -0.4 is 5.32 Å². The van der Waals surface area contributed by atoms with Crippen LogP contribution in [-0.2, 0) is 9.53 Å². The fourth-order valence-corrected chi connectivity index (χ4v) is 3.79. The molecule has 0 radical (unpaired) electrons. The zero-order chi connectivity index (χ0) is 20.5. The maximum Gasteiger partial charge on any atom is 0.222 e. The summed E-state index contributed by atoms with van der Waals surface area (Å²) < 4.78 is 34.0. The van der Waals surface area contributed by atoms with Gasteiger partial charge in [-0.1, -0.05) is 43.6 Å². The molecule has 2 aromatic carbocycles. The van der Waals surface area contributed by atoms with Gasteiger partial charge in [0.15, 0.2) is 0 Å². The van der Waals surface area contributed by atoms with Crippen molar-refractivity contribution < 1.29 is 18.3 Å². The summed E-state index contributed by atoms with van der Waals surface area (Å²) in [7, 11) is 0. The summed E-state index contributed by atoms with van der Waals surface area (Å²) >= 11 is 6.13. The summed E-state index contributed by atoms with van der Waals surface area (Å²) in [5, 5.41) is 3.66. The summed E-state index contributed by atoms with van der Waals surface area (Å²) in [6, 6.07) is 10.8. The highest BCUT2D eigenvalue weighted by Crippen LogP contribution is 2.44. The van der Waals surface area contributed by atoms with E-state index in [1.807, 2.05) is 32.9 Å². The molecule has 1 heterocycles. The molecule has 1 aliphatic heterocycles. The molecule has 0 spiro atoms. The Morgan fingerprint density at radius 3 is 2.54 bits per heavy atom. The second-order valence-electron chi connectivity index (χ2n) is 7.95. The molecular weight excluding hydrogens is 384 g/mol. The van der Waals surface area contributed by atoms with Crippen LogP contribution in [0, 0.1) is 17.6 Å². The maximum absolute atomic E-state index is 14.4. The fraction of sp³-hybridized carbons (Fsp3) is 0.409. The van der Waals surface area contributed by atoms with Crippen LogP contribution in [0.2, 0.25) is 5.02 Å². The molecule has 0 saturated carbocycles. The van der Waals surface area contributed by atoms with Crippen molar-refractivity contribution in [3.8, 4) is 0 Å². The van der Waals surface area contributed by atoms with E-state index in [1.165, 1.54) is 12.1 Å². The van der Waals surface area contributed by atoms with Crippen molar-refractivity contribution in [1.82, 2.24) is 5.32 Å². The van der Waals surface area contributed by atoms with E-state index in [1.54, 1.807) is 12.1 Å². The molecule has 1 fully saturated rings. The Hall–Kier alpha value is -1.98. The van der Waals surface area contributed by atoms with Gasteiger partial charge in [-0.25, -0.2) is 8.78 Å². The van der Waals surface area contributed by atoms with E-state index in [-0.39, 0.29) is 23.5 Å². The normalized spacial score (nSPS) is 25.0. The molecule has 0 bridgehead atoms. The van der Waals surface area contributed by atoms with E-state index in [0.717, 1.165) is 11.6 Å². The third kappa shape index (κ3) is 4.70. The topological polar surface area (TPSA) is 38.3 Å². The Kier molecular flexibility index (Phi) is 6.06. The molecule has 2 aromatic rings. The van der Waals surface area contributed by atoms with Crippen LogP contribution >= 0.6 is 11.6 Å². The van der Waals surface area contributed by atoms with Crippen LogP contribution in [0.25, 0.3) is 0 Å². The standard InChI is InChI=1S/C22H24ClF2NO2/c1-13(2)21(27)26-22(3)11-19(14-5-4-6-15(23)9-14)28-20(12-22)17-8-7-16(24)10-18(17)25/h4-10,13,19-20H,11-12H2,1-3H3,(H,26,27)/t19-,20+,22-/m0/s1. The van der Waals surface area contributed by atoms with Crippen molar-refractivity contribution in [2.45, 2.75) is 51.4 Å². The summed E-state index contributed by atoms with van der Waals surface area (Å²) in [5.41, 5.74) is 0.515. The van der Waals surface area contributed by atoms with Gasteiger partial charge in [-0.2, -0.15) is 0 Å². The molecule has 28 heavy (non-hydrogen) atoms. The Labute approximate surface area is 169 Å². The molecule has 1 aliphatic rings. The number of amides is 1. The number of hydrogen-bond donors (Lipinski definition) is 1. The average Bonchev–Trinajstić information content (AvgIpc) is 2.60. The average molecular weight is 408 g/mol.